The van der Waals surface area contributed by atoms with Crippen LogP contribution in [-0.4, -0.2) is 24.3 Å². The van der Waals surface area contributed by atoms with Gasteiger partial charge in [-0.05, 0) is 12.1 Å². The Morgan fingerprint density at radius 3 is 2.53 bits per heavy atom. The zero-order valence-corrected chi connectivity index (χ0v) is 9.65. The highest BCUT2D eigenvalue weighted by Gasteiger charge is 2.08. The van der Waals surface area contributed by atoms with Crippen LogP contribution in [0, 0.1) is 0 Å². The van der Waals surface area contributed by atoms with E-state index >= 15 is 0 Å². The van der Waals surface area contributed by atoms with Crippen molar-refractivity contribution in [2.24, 2.45) is 0 Å². The molecule has 1 aromatic rings. The van der Waals surface area contributed by atoms with Crippen LogP contribution in [0.15, 0.2) is 24.3 Å². The van der Waals surface area contributed by atoms with Gasteiger partial charge in [-0.1, -0.05) is 12.1 Å². The van der Waals surface area contributed by atoms with Crippen molar-refractivity contribution in [1.29, 1.82) is 0 Å². The van der Waals surface area contributed by atoms with E-state index in [9.17, 15) is 14.4 Å². The molecule has 0 aliphatic heterocycles. The van der Waals surface area contributed by atoms with E-state index in [2.05, 4.69) is 10.1 Å². The quantitative estimate of drug-likeness (QED) is 0.632. The molecule has 0 saturated carbocycles. The van der Waals surface area contributed by atoms with Crippen molar-refractivity contribution in [3.63, 3.8) is 0 Å². The summed E-state index contributed by atoms with van der Waals surface area (Å²) < 4.78 is 4.60. The lowest BCUT2D eigenvalue weighted by molar-refractivity contribution is -0.139. The third-order valence-electron chi connectivity index (χ3n) is 1.91. The van der Waals surface area contributed by atoms with Crippen molar-refractivity contribution in [2.45, 2.75) is 13.8 Å². The van der Waals surface area contributed by atoms with Gasteiger partial charge in [0.1, 0.15) is 0 Å². The Morgan fingerprint density at radius 2 is 1.94 bits per heavy atom. The molecule has 90 valence electrons. The minimum Gasteiger partial charge on any atom is -0.457 e. The monoisotopic (exact) mass is 235 g/mol. The summed E-state index contributed by atoms with van der Waals surface area (Å²) in [4.78, 5) is 33.0. The molecule has 1 amide bonds. The first-order valence-corrected chi connectivity index (χ1v) is 5.03. The minimum absolute atomic E-state index is 0.213. The fourth-order valence-corrected chi connectivity index (χ4v) is 1.22. The van der Waals surface area contributed by atoms with Crippen LogP contribution in [0.25, 0.3) is 0 Å². The topological polar surface area (TPSA) is 72.5 Å². The number of ketones is 1. The number of hydrogen-bond donors (Lipinski definition) is 1. The van der Waals surface area contributed by atoms with Gasteiger partial charge < -0.3 is 10.1 Å². The van der Waals surface area contributed by atoms with E-state index in [1.165, 1.54) is 19.9 Å². The summed E-state index contributed by atoms with van der Waals surface area (Å²) >= 11 is 0. The molecule has 1 rings (SSSR count). The average molecular weight is 235 g/mol. The van der Waals surface area contributed by atoms with Crippen LogP contribution in [-0.2, 0) is 14.3 Å². The first-order chi connectivity index (χ1) is 7.99. The molecule has 5 nitrogen and oxygen atoms in total. The Labute approximate surface area is 98.8 Å². The lowest BCUT2D eigenvalue weighted by Crippen LogP contribution is -2.12. The van der Waals surface area contributed by atoms with Gasteiger partial charge in [0.15, 0.2) is 12.4 Å². The fourth-order valence-electron chi connectivity index (χ4n) is 1.22. The number of amides is 1. The molecular weight excluding hydrogens is 222 g/mol. The van der Waals surface area contributed by atoms with Gasteiger partial charge in [-0.3, -0.25) is 14.4 Å². The second kappa shape index (κ2) is 5.79. The molecule has 0 spiro atoms. The van der Waals surface area contributed by atoms with Crippen LogP contribution in [0.1, 0.15) is 24.2 Å². The van der Waals surface area contributed by atoms with Crippen molar-refractivity contribution < 1.29 is 19.1 Å². The van der Waals surface area contributed by atoms with Gasteiger partial charge in [0.2, 0.25) is 5.91 Å². The number of rotatable bonds is 4. The highest BCUT2D eigenvalue weighted by molar-refractivity contribution is 5.99. The Morgan fingerprint density at radius 1 is 1.24 bits per heavy atom. The van der Waals surface area contributed by atoms with Crippen LogP contribution in [0.5, 0.6) is 0 Å². The summed E-state index contributed by atoms with van der Waals surface area (Å²) in [5.41, 5.74) is 0.920. The number of ether oxygens (including phenoxy) is 1. The molecule has 0 radical (unpaired) electrons. The number of benzene rings is 1. The standard InChI is InChI=1S/C12H13NO4/c1-8(14)13-11-5-3-4-10(6-11)12(16)7-17-9(2)15/h3-6H,7H2,1-2H3,(H,13,14). The lowest BCUT2D eigenvalue weighted by atomic mass is 10.1. The Kier molecular flexibility index (Phi) is 4.39. The maximum Gasteiger partial charge on any atom is 0.303 e. The summed E-state index contributed by atoms with van der Waals surface area (Å²) in [6.07, 6.45) is 0. The van der Waals surface area contributed by atoms with Crippen molar-refractivity contribution in [1.82, 2.24) is 0 Å². The average Bonchev–Trinajstić information content (AvgIpc) is 2.25. The van der Waals surface area contributed by atoms with Crippen LogP contribution in [0.3, 0.4) is 0 Å². The third kappa shape index (κ3) is 4.46. The largest absolute Gasteiger partial charge is 0.457 e. The normalized spacial score (nSPS) is 9.53. The van der Waals surface area contributed by atoms with Crippen LogP contribution in [0.4, 0.5) is 5.69 Å². The highest BCUT2D eigenvalue weighted by Crippen LogP contribution is 2.11. The summed E-state index contributed by atoms with van der Waals surface area (Å²) in [5, 5.41) is 2.57. The van der Waals surface area contributed by atoms with E-state index in [4.69, 9.17) is 0 Å². The Hall–Kier alpha value is -2.17. The Bertz CT molecular complexity index is 454. The number of nitrogens with one attached hydrogen (secondary N) is 1. The first-order valence-electron chi connectivity index (χ1n) is 5.03. The maximum atomic E-state index is 11.6. The smallest absolute Gasteiger partial charge is 0.303 e. The molecule has 0 bridgehead atoms. The summed E-state index contributed by atoms with van der Waals surface area (Å²) in [6.45, 7) is 2.33. The maximum absolute atomic E-state index is 11.6. The highest BCUT2D eigenvalue weighted by atomic mass is 16.5. The van der Waals surface area contributed by atoms with Gasteiger partial charge in [0.25, 0.3) is 0 Å². The molecule has 17 heavy (non-hydrogen) atoms. The van der Waals surface area contributed by atoms with Gasteiger partial charge in [-0.25, -0.2) is 0 Å². The number of hydrogen-bond acceptors (Lipinski definition) is 4. The third-order valence-corrected chi connectivity index (χ3v) is 1.91. The molecule has 5 heteroatoms. The van der Waals surface area contributed by atoms with Crippen LogP contribution in [0.2, 0.25) is 0 Å². The van der Waals surface area contributed by atoms with Gasteiger partial charge in [-0.15, -0.1) is 0 Å². The van der Waals surface area contributed by atoms with Crippen LogP contribution >= 0.6 is 0 Å². The lowest BCUT2D eigenvalue weighted by Gasteiger charge is -2.05. The number of carbonyl (C=O) groups excluding carboxylic acids is 3. The molecular formula is C12H13NO4. The molecule has 1 N–H and O–H groups in total. The molecule has 0 aliphatic rings. The molecule has 1 aromatic carbocycles. The van der Waals surface area contributed by atoms with Crippen molar-refractivity contribution >= 4 is 23.3 Å². The molecule has 0 aliphatic carbocycles. The molecule has 0 fully saturated rings. The van der Waals surface area contributed by atoms with E-state index in [0.717, 1.165) is 0 Å². The Balaban J connectivity index is 2.73. The number of Topliss-reactive ketones (excluding diaryl/α,β-unsaturated/α-hetero) is 1. The summed E-state index contributed by atoms with van der Waals surface area (Å²) in [7, 11) is 0. The summed E-state index contributed by atoms with van der Waals surface area (Å²) in [6, 6.07) is 6.45. The zero-order valence-electron chi connectivity index (χ0n) is 9.65. The SMILES string of the molecule is CC(=O)Nc1cccc(C(=O)COC(C)=O)c1. The second-order valence-electron chi connectivity index (χ2n) is 3.47. The van der Waals surface area contributed by atoms with Gasteiger partial charge >= 0.3 is 5.97 Å². The van der Waals surface area contributed by atoms with Gasteiger partial charge in [-0.2, -0.15) is 0 Å². The van der Waals surface area contributed by atoms with E-state index in [1.54, 1.807) is 18.2 Å². The second-order valence-corrected chi connectivity index (χ2v) is 3.47. The molecule has 0 atom stereocenters. The van der Waals surface area contributed by atoms with Crippen molar-refractivity contribution in [2.75, 3.05) is 11.9 Å². The van der Waals surface area contributed by atoms with E-state index in [-0.39, 0.29) is 18.3 Å². The zero-order chi connectivity index (χ0) is 12.8. The molecule has 0 heterocycles. The van der Waals surface area contributed by atoms with Gasteiger partial charge in [0.05, 0.1) is 0 Å². The molecule has 0 unspecified atom stereocenters. The van der Waals surface area contributed by atoms with Crippen LogP contribution < -0.4 is 5.32 Å². The molecule has 0 aromatic heterocycles. The van der Waals surface area contributed by atoms with E-state index in [0.29, 0.717) is 11.3 Å². The fraction of sp³-hybridized carbons (Fsp3) is 0.250. The predicted molar refractivity (Wildman–Crippen MR) is 61.7 cm³/mol. The number of anilines is 1. The molecule has 0 saturated heterocycles. The van der Waals surface area contributed by atoms with Crippen molar-refractivity contribution in [3.05, 3.63) is 29.8 Å². The van der Waals surface area contributed by atoms with Gasteiger partial charge in [0, 0.05) is 25.1 Å². The predicted octanol–water partition coefficient (Wildman–Crippen LogP) is 1.39. The van der Waals surface area contributed by atoms with E-state index < -0.39 is 5.97 Å². The summed E-state index contributed by atoms with van der Waals surface area (Å²) in [5.74, 6) is -1.03. The van der Waals surface area contributed by atoms with E-state index in [1.807, 2.05) is 0 Å². The minimum atomic E-state index is -0.503. The van der Waals surface area contributed by atoms with Crippen molar-refractivity contribution in [3.8, 4) is 0 Å². The number of carbonyl (C=O) groups is 3. The number of esters is 1. The first kappa shape index (κ1) is 12.9.